The minimum atomic E-state index is -0.456. The van der Waals surface area contributed by atoms with Crippen molar-refractivity contribution in [1.82, 2.24) is 9.55 Å². The molecule has 0 atom stereocenters. The second-order valence-corrected chi connectivity index (χ2v) is 8.58. The number of hydrogen-bond donors (Lipinski definition) is 1. The molecule has 0 saturated heterocycles. The Balaban J connectivity index is 1.92. The van der Waals surface area contributed by atoms with Gasteiger partial charge in [-0.2, -0.15) is 4.98 Å². The van der Waals surface area contributed by atoms with E-state index >= 15 is 0 Å². The topological polar surface area (TPSA) is 77.1 Å². The maximum absolute atomic E-state index is 12.4. The summed E-state index contributed by atoms with van der Waals surface area (Å²) in [6.45, 7) is 3.51. The van der Waals surface area contributed by atoms with E-state index in [0.717, 1.165) is 33.4 Å². The number of furan rings is 1. The molecule has 0 bridgehead atoms. The summed E-state index contributed by atoms with van der Waals surface area (Å²) < 4.78 is 19.8. The van der Waals surface area contributed by atoms with E-state index in [4.69, 9.17) is 4.42 Å². The summed E-state index contributed by atoms with van der Waals surface area (Å²) in [7, 11) is 0. The number of hydrogen-bond acceptors (Lipinski definition) is 6. The Labute approximate surface area is 164 Å². The number of aryl methyl sites for hydroxylation is 1. The molecule has 1 N–H and O–H groups in total. The number of nitrogens with one attached hydrogen (secondary N) is 1. The molecule has 0 aliphatic carbocycles. The van der Waals surface area contributed by atoms with Crippen molar-refractivity contribution < 1.29 is 13.6 Å². The lowest BCUT2D eigenvalue weighted by molar-refractivity contribution is 0.0996. The predicted molar refractivity (Wildman–Crippen MR) is 106 cm³/mol. The number of amides is 1. The highest BCUT2D eigenvalue weighted by molar-refractivity contribution is 8.01. The fraction of sp³-hybridized carbons (Fsp3) is 0.389. The molecule has 3 heterocycles. The van der Waals surface area contributed by atoms with Crippen LogP contribution in [0.25, 0.3) is 5.69 Å². The summed E-state index contributed by atoms with van der Waals surface area (Å²) in [6.07, 6.45) is 3.68. The van der Waals surface area contributed by atoms with Crippen molar-refractivity contribution in [3.63, 3.8) is 0 Å². The number of thioether (sulfide) groups is 1. The van der Waals surface area contributed by atoms with Gasteiger partial charge in [-0.3, -0.25) is 13.8 Å². The Bertz CT molecular complexity index is 950. The second kappa shape index (κ2) is 8.71. The van der Waals surface area contributed by atoms with E-state index in [1.165, 1.54) is 10.8 Å². The smallest absolute Gasteiger partial charge is 0.354 e. The van der Waals surface area contributed by atoms with Crippen molar-refractivity contribution in [2.45, 2.75) is 37.3 Å². The molecule has 3 rings (SSSR count). The van der Waals surface area contributed by atoms with Crippen LogP contribution in [-0.2, 0) is 0 Å². The third-order valence-electron chi connectivity index (χ3n) is 4.12. The van der Waals surface area contributed by atoms with E-state index in [-0.39, 0.29) is 18.3 Å². The summed E-state index contributed by atoms with van der Waals surface area (Å²) in [5.74, 6) is 0.727. The van der Waals surface area contributed by atoms with Crippen molar-refractivity contribution in [1.29, 1.82) is 0 Å². The van der Waals surface area contributed by atoms with Crippen LogP contribution < -0.4 is 11.0 Å². The lowest BCUT2D eigenvalue weighted by Gasteiger charge is -2.15. The van der Waals surface area contributed by atoms with Crippen molar-refractivity contribution in [2.75, 3.05) is 17.7 Å². The second-order valence-electron chi connectivity index (χ2n) is 5.99. The molecule has 0 spiro atoms. The van der Waals surface area contributed by atoms with Gasteiger partial charge in [0.25, 0.3) is 5.91 Å². The Morgan fingerprint density at radius 3 is 2.89 bits per heavy atom. The first-order valence-electron chi connectivity index (χ1n) is 8.59. The first kappa shape index (κ1) is 19.6. The van der Waals surface area contributed by atoms with Gasteiger partial charge in [0, 0.05) is 10.6 Å². The Morgan fingerprint density at radius 2 is 2.19 bits per heavy atom. The van der Waals surface area contributed by atoms with E-state index in [0.29, 0.717) is 12.1 Å². The van der Waals surface area contributed by atoms with Crippen LogP contribution in [0.15, 0.2) is 31.8 Å². The molecule has 0 fully saturated rings. The number of alkyl halides is 1. The number of aromatic nitrogens is 2. The third-order valence-corrected chi connectivity index (χ3v) is 6.65. The number of halogens is 1. The fourth-order valence-electron chi connectivity index (χ4n) is 2.62. The van der Waals surface area contributed by atoms with Crippen LogP contribution in [0.1, 0.15) is 40.4 Å². The summed E-state index contributed by atoms with van der Waals surface area (Å²) in [6, 6.07) is 3.16. The maximum atomic E-state index is 12.4. The summed E-state index contributed by atoms with van der Waals surface area (Å²) in [5, 5.41) is 2.69. The molecule has 1 aromatic heterocycles. The largest absolute Gasteiger partial charge is 0.459 e. The molecular weight excluding hydrogens is 389 g/mol. The van der Waals surface area contributed by atoms with Crippen LogP contribution in [0.5, 0.6) is 0 Å². The number of fused-ring (bicyclic) bond motifs is 1. The quantitative estimate of drug-likeness (QED) is 0.440. The molecule has 1 aromatic rings. The van der Waals surface area contributed by atoms with E-state index in [1.54, 1.807) is 35.2 Å². The zero-order valence-corrected chi connectivity index (χ0v) is 16.7. The van der Waals surface area contributed by atoms with Crippen LogP contribution in [-0.4, -0.2) is 27.9 Å². The first-order valence-corrected chi connectivity index (χ1v) is 10.4. The molecule has 144 valence electrons. The number of carbonyl (C=O) groups is 1. The fourth-order valence-corrected chi connectivity index (χ4v) is 5.14. The minimum Gasteiger partial charge on any atom is -0.459 e. The third kappa shape index (κ3) is 4.24. The van der Waals surface area contributed by atoms with Gasteiger partial charge in [0.1, 0.15) is 5.69 Å². The molecule has 0 radical (unpaired) electrons. The minimum absolute atomic E-state index is 0.150. The summed E-state index contributed by atoms with van der Waals surface area (Å²) in [5.41, 5.74) is 0.976. The van der Waals surface area contributed by atoms with Crippen LogP contribution in [0.4, 0.5) is 10.2 Å². The number of rotatable bonds is 8. The number of anilines is 1. The zero-order valence-electron chi connectivity index (χ0n) is 15.1. The van der Waals surface area contributed by atoms with Crippen LogP contribution >= 0.6 is 23.1 Å². The molecule has 9 heteroatoms. The highest BCUT2D eigenvalue weighted by Gasteiger charge is 2.25. The number of imidazole rings is 1. The average molecular weight is 410 g/mol. The predicted octanol–water partition coefficient (Wildman–Crippen LogP) is 4.43. The highest BCUT2D eigenvalue weighted by Crippen LogP contribution is 2.38. The van der Waals surface area contributed by atoms with E-state index in [1.807, 2.05) is 13.8 Å². The molecule has 6 nitrogen and oxygen atoms in total. The van der Waals surface area contributed by atoms with Gasteiger partial charge in [-0.1, -0.05) is 6.42 Å². The lowest BCUT2D eigenvalue weighted by Crippen LogP contribution is -2.17. The molecule has 1 amide bonds. The Hall–Kier alpha value is -2.13. The molecule has 2 aliphatic rings. The number of nitrogens with zero attached hydrogens (tertiary/aromatic N) is 2. The van der Waals surface area contributed by atoms with E-state index in [9.17, 15) is 14.0 Å². The molecule has 2 aliphatic heterocycles. The van der Waals surface area contributed by atoms with Gasteiger partial charge in [-0.15, -0.1) is 23.1 Å². The van der Waals surface area contributed by atoms with Gasteiger partial charge in [0.2, 0.25) is 0 Å². The van der Waals surface area contributed by atoms with Gasteiger partial charge in [0.15, 0.2) is 11.6 Å². The SMILES string of the molecule is Cc1sc(SCCCCCF)c2c(NC(=O)c3ccco3)nc(=O)n-2c1C. The number of carbonyl (C=O) groups excluding carboxylic acids is 1. The van der Waals surface area contributed by atoms with Gasteiger partial charge < -0.3 is 9.73 Å². The normalized spacial score (nSPS) is 11.2. The molecule has 0 aromatic carbocycles. The van der Waals surface area contributed by atoms with Gasteiger partial charge in [-0.25, -0.2) is 4.79 Å². The van der Waals surface area contributed by atoms with Crippen LogP contribution in [0.3, 0.4) is 0 Å². The van der Waals surface area contributed by atoms with E-state index < -0.39 is 11.6 Å². The van der Waals surface area contributed by atoms with Crippen LogP contribution in [0, 0.1) is 13.8 Å². The van der Waals surface area contributed by atoms with Crippen molar-refractivity contribution in [3.8, 4) is 5.69 Å². The Morgan fingerprint density at radius 1 is 1.37 bits per heavy atom. The molecular formula is C18H20FN3O3S2. The average Bonchev–Trinajstić information content (AvgIpc) is 3.27. The molecule has 0 saturated carbocycles. The maximum Gasteiger partial charge on any atom is 0.354 e. The summed E-state index contributed by atoms with van der Waals surface area (Å²) >= 11 is 3.16. The van der Waals surface area contributed by atoms with Crippen molar-refractivity contribution in [2.24, 2.45) is 0 Å². The van der Waals surface area contributed by atoms with Gasteiger partial charge >= 0.3 is 5.69 Å². The van der Waals surface area contributed by atoms with Crippen LogP contribution in [0.2, 0.25) is 0 Å². The standard InChI is InChI=1S/C18H20FN3O3S2/c1-11-12(2)27-17(26-10-5-3-4-8-19)14-15(21-18(24)22(11)14)20-16(23)13-7-6-9-25-13/h6-7,9H,3-5,8,10H2,1-2H3,(H,20,21,23,24). The molecule has 27 heavy (non-hydrogen) atoms. The van der Waals surface area contributed by atoms with E-state index in [2.05, 4.69) is 10.3 Å². The summed E-state index contributed by atoms with van der Waals surface area (Å²) in [4.78, 5) is 29.8. The first-order chi connectivity index (χ1) is 13.0. The number of unbranched alkanes of at least 4 members (excludes halogenated alkanes) is 2. The zero-order chi connectivity index (χ0) is 19.4. The van der Waals surface area contributed by atoms with Gasteiger partial charge in [-0.05, 0) is 44.6 Å². The Kier molecular flexibility index (Phi) is 6.33. The lowest BCUT2D eigenvalue weighted by atomic mass is 10.3. The van der Waals surface area contributed by atoms with Crippen molar-refractivity contribution >= 4 is 34.8 Å². The molecule has 0 unspecified atom stereocenters. The van der Waals surface area contributed by atoms with Crippen molar-refractivity contribution in [3.05, 3.63) is 45.2 Å². The van der Waals surface area contributed by atoms with Gasteiger partial charge in [0.05, 0.1) is 17.1 Å². The highest BCUT2D eigenvalue weighted by atomic mass is 32.2. The monoisotopic (exact) mass is 409 g/mol.